The molecule has 0 atom stereocenters. The smallest absolute Gasteiger partial charge is 0.387 e. The summed E-state index contributed by atoms with van der Waals surface area (Å²) in [6.45, 7) is -0.372. The number of hydrogen-bond donors (Lipinski definition) is 2. The Morgan fingerprint density at radius 2 is 1.92 bits per heavy atom. The lowest BCUT2D eigenvalue weighted by Gasteiger charge is -2.06. The molecule has 24 heavy (non-hydrogen) atoms. The lowest BCUT2D eigenvalue weighted by atomic mass is 10.2. The van der Waals surface area contributed by atoms with Gasteiger partial charge in [-0.15, -0.1) is 16.4 Å². The summed E-state index contributed by atoms with van der Waals surface area (Å²) in [5.41, 5.74) is 4.89. The number of nitrogens with zero attached hydrogens (tertiary/aromatic N) is 2. The molecular formula is C15H12N4O4S. The highest BCUT2D eigenvalue weighted by atomic mass is 32.1. The van der Waals surface area contributed by atoms with E-state index in [1.54, 1.807) is 42.5 Å². The highest BCUT2D eigenvalue weighted by molar-refractivity contribution is 7.13. The minimum Gasteiger partial charge on any atom is -0.387 e. The maximum Gasteiger partial charge on any atom is 0.437 e. The van der Waals surface area contributed by atoms with Crippen LogP contribution in [0.15, 0.2) is 57.1 Å². The van der Waals surface area contributed by atoms with Crippen molar-refractivity contribution in [1.29, 1.82) is 0 Å². The summed E-state index contributed by atoms with van der Waals surface area (Å²) in [6, 6.07) is 12.0. The summed E-state index contributed by atoms with van der Waals surface area (Å²) in [5, 5.41) is 5.77. The quantitative estimate of drug-likeness (QED) is 0.688. The molecule has 0 aliphatic carbocycles. The highest BCUT2D eigenvalue weighted by Gasteiger charge is 2.14. The summed E-state index contributed by atoms with van der Waals surface area (Å²) >= 11 is 1.36. The molecule has 2 aromatic heterocycles. The summed E-state index contributed by atoms with van der Waals surface area (Å²) in [7, 11) is 0. The molecule has 8 nitrogen and oxygen atoms in total. The number of benzene rings is 1. The molecule has 0 saturated heterocycles. The van der Waals surface area contributed by atoms with Gasteiger partial charge in [0.15, 0.2) is 0 Å². The van der Waals surface area contributed by atoms with Crippen LogP contribution in [0, 0.1) is 0 Å². The monoisotopic (exact) mass is 344 g/mol. The van der Waals surface area contributed by atoms with Crippen molar-refractivity contribution in [3.05, 3.63) is 64.0 Å². The fraction of sp³-hybridized carbons (Fsp3) is 0.0667. The summed E-state index contributed by atoms with van der Waals surface area (Å²) in [6.07, 6.45) is 0. The normalized spacial score (nSPS) is 10.3. The Balaban J connectivity index is 1.59. The van der Waals surface area contributed by atoms with Crippen LogP contribution < -0.4 is 16.6 Å². The van der Waals surface area contributed by atoms with E-state index in [0.717, 1.165) is 4.68 Å². The lowest BCUT2D eigenvalue weighted by molar-refractivity contribution is -0.122. The number of rotatable bonds is 4. The predicted molar refractivity (Wildman–Crippen MR) is 86.1 cm³/mol. The lowest BCUT2D eigenvalue weighted by Crippen LogP contribution is -2.44. The van der Waals surface area contributed by atoms with Gasteiger partial charge in [0.25, 0.3) is 17.7 Å². The van der Waals surface area contributed by atoms with Gasteiger partial charge < -0.3 is 4.42 Å². The number of aromatic nitrogens is 2. The van der Waals surface area contributed by atoms with E-state index in [1.807, 2.05) is 5.38 Å². The maximum absolute atomic E-state index is 11.8. The zero-order valence-electron chi connectivity index (χ0n) is 12.3. The molecule has 2 heterocycles. The molecule has 122 valence electrons. The van der Waals surface area contributed by atoms with Gasteiger partial charge in [-0.3, -0.25) is 20.4 Å². The third-order valence-corrected chi connectivity index (χ3v) is 3.84. The van der Waals surface area contributed by atoms with Crippen LogP contribution in [0.5, 0.6) is 0 Å². The minimum absolute atomic E-state index is 0.149. The molecule has 0 spiro atoms. The number of nitrogens with one attached hydrogen (secondary N) is 2. The van der Waals surface area contributed by atoms with Gasteiger partial charge in [0.05, 0.1) is 4.88 Å². The van der Waals surface area contributed by atoms with E-state index in [4.69, 9.17) is 4.42 Å². The largest absolute Gasteiger partial charge is 0.437 e. The first kappa shape index (κ1) is 15.7. The van der Waals surface area contributed by atoms with E-state index in [0.29, 0.717) is 10.4 Å². The van der Waals surface area contributed by atoms with E-state index in [1.165, 1.54) is 11.3 Å². The van der Waals surface area contributed by atoms with Crippen LogP contribution in [0.1, 0.15) is 10.4 Å². The number of amides is 2. The van der Waals surface area contributed by atoms with Crippen LogP contribution in [-0.4, -0.2) is 21.6 Å². The Labute approximate surface area is 139 Å². The number of hydrazine groups is 1. The van der Waals surface area contributed by atoms with E-state index in [9.17, 15) is 14.4 Å². The van der Waals surface area contributed by atoms with Gasteiger partial charge in [-0.2, -0.15) is 4.68 Å². The zero-order chi connectivity index (χ0) is 16.9. The molecule has 0 aliphatic rings. The third-order valence-electron chi connectivity index (χ3n) is 2.98. The van der Waals surface area contributed by atoms with Crippen LogP contribution in [0.2, 0.25) is 0 Å². The fourth-order valence-electron chi connectivity index (χ4n) is 1.87. The van der Waals surface area contributed by atoms with Gasteiger partial charge in [0, 0.05) is 5.56 Å². The standard InChI is InChI=1S/C15H12N4O4S/c20-12(16-17-13(21)10-5-2-1-3-6-10)9-19-15(22)23-14(18-19)11-7-4-8-24-11/h1-8H,9H2,(H,16,20)(H,17,21). The molecular weight excluding hydrogens is 332 g/mol. The van der Waals surface area contributed by atoms with Gasteiger partial charge >= 0.3 is 5.76 Å². The predicted octanol–water partition coefficient (Wildman–Crippen LogP) is 1.03. The van der Waals surface area contributed by atoms with Crippen molar-refractivity contribution >= 4 is 23.2 Å². The van der Waals surface area contributed by atoms with Gasteiger partial charge in [0.1, 0.15) is 6.54 Å². The van der Waals surface area contributed by atoms with E-state index in [2.05, 4.69) is 16.0 Å². The molecule has 0 radical (unpaired) electrons. The van der Waals surface area contributed by atoms with Crippen LogP contribution in [0.4, 0.5) is 0 Å². The Morgan fingerprint density at radius 3 is 2.62 bits per heavy atom. The average Bonchev–Trinajstić information content (AvgIpc) is 3.24. The second kappa shape index (κ2) is 6.92. The molecule has 0 aliphatic heterocycles. The molecule has 9 heteroatoms. The van der Waals surface area contributed by atoms with Crippen molar-refractivity contribution in [2.75, 3.05) is 0 Å². The van der Waals surface area contributed by atoms with Gasteiger partial charge in [-0.25, -0.2) is 4.79 Å². The SMILES string of the molecule is O=C(Cn1nc(-c2cccs2)oc1=O)NNC(=O)c1ccccc1. The van der Waals surface area contributed by atoms with Crippen molar-refractivity contribution in [3.63, 3.8) is 0 Å². The summed E-state index contributed by atoms with van der Waals surface area (Å²) in [5.74, 6) is -1.66. The molecule has 3 aromatic rings. The Bertz CT molecular complexity index is 899. The number of thiophene rings is 1. The Morgan fingerprint density at radius 1 is 1.12 bits per heavy atom. The van der Waals surface area contributed by atoms with Crippen LogP contribution in [0.25, 0.3) is 10.8 Å². The summed E-state index contributed by atoms with van der Waals surface area (Å²) < 4.78 is 5.88. The third kappa shape index (κ3) is 3.58. The number of carbonyl (C=O) groups is 2. The van der Waals surface area contributed by atoms with Crippen molar-refractivity contribution in [3.8, 4) is 10.8 Å². The molecule has 0 fully saturated rings. The van der Waals surface area contributed by atoms with E-state index >= 15 is 0 Å². The van der Waals surface area contributed by atoms with Crippen LogP contribution in [-0.2, 0) is 11.3 Å². The van der Waals surface area contributed by atoms with Crippen LogP contribution in [0.3, 0.4) is 0 Å². The molecule has 2 N–H and O–H groups in total. The second-order valence-electron chi connectivity index (χ2n) is 4.68. The van der Waals surface area contributed by atoms with Gasteiger partial charge in [-0.05, 0) is 23.6 Å². The summed E-state index contributed by atoms with van der Waals surface area (Å²) in [4.78, 5) is 36.0. The fourth-order valence-corrected chi connectivity index (χ4v) is 2.51. The molecule has 1 aromatic carbocycles. The van der Waals surface area contributed by atoms with Crippen molar-refractivity contribution in [1.82, 2.24) is 20.6 Å². The first-order valence-electron chi connectivity index (χ1n) is 6.89. The maximum atomic E-state index is 11.8. The van der Waals surface area contributed by atoms with Crippen molar-refractivity contribution in [2.45, 2.75) is 6.54 Å². The van der Waals surface area contributed by atoms with E-state index in [-0.39, 0.29) is 12.4 Å². The van der Waals surface area contributed by atoms with E-state index < -0.39 is 17.6 Å². The molecule has 3 rings (SSSR count). The molecule has 2 amide bonds. The number of carbonyl (C=O) groups excluding carboxylic acids is 2. The van der Waals surface area contributed by atoms with Gasteiger partial charge in [-0.1, -0.05) is 24.3 Å². The molecule has 0 saturated carbocycles. The molecule has 0 unspecified atom stereocenters. The van der Waals surface area contributed by atoms with Crippen molar-refractivity contribution < 1.29 is 14.0 Å². The average molecular weight is 344 g/mol. The van der Waals surface area contributed by atoms with Crippen LogP contribution >= 0.6 is 11.3 Å². The first-order chi connectivity index (χ1) is 11.6. The second-order valence-corrected chi connectivity index (χ2v) is 5.62. The Kier molecular flexibility index (Phi) is 4.52. The zero-order valence-corrected chi connectivity index (χ0v) is 13.1. The van der Waals surface area contributed by atoms with Gasteiger partial charge in [0.2, 0.25) is 0 Å². The molecule has 0 bridgehead atoms. The topological polar surface area (TPSA) is 106 Å². The van der Waals surface area contributed by atoms with Crippen molar-refractivity contribution in [2.24, 2.45) is 0 Å². The minimum atomic E-state index is -0.747. The number of hydrogen-bond acceptors (Lipinski definition) is 6. The first-order valence-corrected chi connectivity index (χ1v) is 7.77. The highest BCUT2D eigenvalue weighted by Crippen LogP contribution is 2.20. The Hall–Kier alpha value is -3.20.